The van der Waals surface area contributed by atoms with Gasteiger partial charge in [0.05, 0.1) is 17.3 Å². The Morgan fingerprint density at radius 2 is 2.00 bits per heavy atom. The van der Waals surface area contributed by atoms with Gasteiger partial charge in [-0.3, -0.25) is 4.79 Å². The summed E-state index contributed by atoms with van der Waals surface area (Å²) in [6.07, 6.45) is 0. The van der Waals surface area contributed by atoms with Crippen LogP contribution in [0.2, 0.25) is 5.02 Å². The summed E-state index contributed by atoms with van der Waals surface area (Å²) >= 11 is 6.05. The molecule has 3 nitrogen and oxygen atoms in total. The van der Waals surface area contributed by atoms with Crippen molar-refractivity contribution in [3.8, 4) is 0 Å². The Kier molecular flexibility index (Phi) is 4.40. The number of hydrogen-bond donors (Lipinski definition) is 2. The molecule has 0 aliphatic carbocycles. The average molecular weight is 255 g/mol. The standard InChI is InChI=1S/C13H19ClN2O/c1-9-6-5-7-10(14)12(9)15-8-11(17)16-13(2,3)4/h5-7,15H,8H2,1-4H3,(H,16,17). The Balaban J connectivity index is 2.59. The van der Waals surface area contributed by atoms with Crippen LogP contribution >= 0.6 is 11.6 Å². The normalized spacial score (nSPS) is 11.1. The van der Waals surface area contributed by atoms with Gasteiger partial charge >= 0.3 is 0 Å². The number of rotatable bonds is 3. The minimum atomic E-state index is -0.214. The van der Waals surface area contributed by atoms with E-state index in [0.717, 1.165) is 11.3 Å². The lowest BCUT2D eigenvalue weighted by atomic mass is 10.1. The van der Waals surface area contributed by atoms with Gasteiger partial charge in [0.25, 0.3) is 0 Å². The maximum absolute atomic E-state index is 11.6. The summed E-state index contributed by atoms with van der Waals surface area (Å²) in [4.78, 5) is 11.6. The Bertz CT molecular complexity index is 390. The zero-order valence-corrected chi connectivity index (χ0v) is 11.5. The third kappa shape index (κ3) is 4.65. The van der Waals surface area contributed by atoms with Crippen LogP contribution in [-0.4, -0.2) is 18.0 Å². The van der Waals surface area contributed by atoms with Crippen molar-refractivity contribution in [2.75, 3.05) is 11.9 Å². The smallest absolute Gasteiger partial charge is 0.239 e. The zero-order valence-electron chi connectivity index (χ0n) is 10.7. The van der Waals surface area contributed by atoms with Crippen molar-refractivity contribution in [1.82, 2.24) is 5.32 Å². The second-order valence-corrected chi connectivity index (χ2v) is 5.49. The molecule has 4 heteroatoms. The monoisotopic (exact) mass is 254 g/mol. The van der Waals surface area contributed by atoms with Gasteiger partial charge in [0.15, 0.2) is 0 Å². The van der Waals surface area contributed by atoms with Gasteiger partial charge in [-0.05, 0) is 39.3 Å². The Morgan fingerprint density at radius 3 is 2.53 bits per heavy atom. The molecule has 0 spiro atoms. The van der Waals surface area contributed by atoms with Crippen molar-refractivity contribution in [1.29, 1.82) is 0 Å². The molecule has 0 unspecified atom stereocenters. The SMILES string of the molecule is Cc1cccc(Cl)c1NCC(=O)NC(C)(C)C. The quantitative estimate of drug-likeness (QED) is 0.871. The maximum Gasteiger partial charge on any atom is 0.239 e. The topological polar surface area (TPSA) is 41.1 Å². The molecule has 0 bridgehead atoms. The van der Waals surface area contributed by atoms with Crippen LogP contribution < -0.4 is 10.6 Å². The van der Waals surface area contributed by atoms with Gasteiger partial charge < -0.3 is 10.6 Å². The van der Waals surface area contributed by atoms with E-state index in [9.17, 15) is 4.79 Å². The highest BCUT2D eigenvalue weighted by molar-refractivity contribution is 6.33. The number of hydrogen-bond acceptors (Lipinski definition) is 2. The van der Waals surface area contributed by atoms with E-state index in [1.54, 1.807) is 6.07 Å². The van der Waals surface area contributed by atoms with Gasteiger partial charge in [-0.1, -0.05) is 23.7 Å². The zero-order chi connectivity index (χ0) is 13.1. The molecule has 0 aliphatic heterocycles. The van der Waals surface area contributed by atoms with Crippen molar-refractivity contribution >= 4 is 23.2 Å². The summed E-state index contributed by atoms with van der Waals surface area (Å²) in [7, 11) is 0. The first kappa shape index (κ1) is 13.8. The van der Waals surface area contributed by atoms with E-state index in [1.807, 2.05) is 39.8 Å². The lowest BCUT2D eigenvalue weighted by Gasteiger charge is -2.21. The number of para-hydroxylation sites is 1. The van der Waals surface area contributed by atoms with Crippen LogP contribution in [0.15, 0.2) is 18.2 Å². The van der Waals surface area contributed by atoms with Gasteiger partial charge in [-0.2, -0.15) is 0 Å². The molecule has 1 amide bonds. The predicted octanol–water partition coefficient (Wildman–Crippen LogP) is 2.98. The lowest BCUT2D eigenvalue weighted by Crippen LogP contribution is -2.43. The van der Waals surface area contributed by atoms with Gasteiger partial charge in [0.1, 0.15) is 0 Å². The highest BCUT2D eigenvalue weighted by Crippen LogP contribution is 2.24. The van der Waals surface area contributed by atoms with Crippen molar-refractivity contribution < 1.29 is 4.79 Å². The van der Waals surface area contributed by atoms with Crippen LogP contribution in [0.4, 0.5) is 5.69 Å². The van der Waals surface area contributed by atoms with E-state index in [2.05, 4.69) is 10.6 Å². The number of aryl methyl sites for hydroxylation is 1. The summed E-state index contributed by atoms with van der Waals surface area (Å²) in [6, 6.07) is 5.65. The van der Waals surface area contributed by atoms with Crippen molar-refractivity contribution in [3.63, 3.8) is 0 Å². The molecule has 0 atom stereocenters. The molecule has 0 aromatic heterocycles. The van der Waals surface area contributed by atoms with E-state index >= 15 is 0 Å². The van der Waals surface area contributed by atoms with Gasteiger partial charge in [0.2, 0.25) is 5.91 Å². The van der Waals surface area contributed by atoms with Gasteiger partial charge in [-0.25, -0.2) is 0 Å². The molecule has 1 aromatic carbocycles. The number of carbonyl (C=O) groups excluding carboxylic acids is 1. The summed E-state index contributed by atoms with van der Waals surface area (Å²) in [5.74, 6) is -0.0446. The molecule has 0 fully saturated rings. The molecule has 1 rings (SSSR count). The Labute approximate surface area is 108 Å². The van der Waals surface area contributed by atoms with Crippen LogP contribution in [0.3, 0.4) is 0 Å². The van der Waals surface area contributed by atoms with E-state index in [4.69, 9.17) is 11.6 Å². The van der Waals surface area contributed by atoms with Crippen molar-refractivity contribution in [2.24, 2.45) is 0 Å². The first-order valence-electron chi connectivity index (χ1n) is 5.59. The first-order chi connectivity index (χ1) is 7.79. The molecule has 2 N–H and O–H groups in total. The highest BCUT2D eigenvalue weighted by atomic mass is 35.5. The highest BCUT2D eigenvalue weighted by Gasteiger charge is 2.13. The minimum Gasteiger partial charge on any atom is -0.375 e. The predicted molar refractivity (Wildman–Crippen MR) is 72.6 cm³/mol. The summed E-state index contributed by atoms with van der Waals surface area (Å²) in [5.41, 5.74) is 1.63. The second kappa shape index (κ2) is 5.41. The lowest BCUT2D eigenvalue weighted by molar-refractivity contribution is -0.120. The van der Waals surface area contributed by atoms with Crippen molar-refractivity contribution in [2.45, 2.75) is 33.2 Å². The molecule has 0 aliphatic rings. The number of anilines is 1. The fraction of sp³-hybridized carbons (Fsp3) is 0.462. The molecule has 94 valence electrons. The van der Waals surface area contributed by atoms with E-state index in [-0.39, 0.29) is 18.0 Å². The van der Waals surface area contributed by atoms with Crippen molar-refractivity contribution in [3.05, 3.63) is 28.8 Å². The number of nitrogens with one attached hydrogen (secondary N) is 2. The summed E-state index contributed by atoms with van der Waals surface area (Å²) < 4.78 is 0. The molecule has 0 radical (unpaired) electrons. The Morgan fingerprint density at radius 1 is 1.35 bits per heavy atom. The molecular formula is C13H19ClN2O. The number of amides is 1. The van der Waals surface area contributed by atoms with E-state index in [1.165, 1.54) is 0 Å². The maximum atomic E-state index is 11.6. The number of halogens is 1. The summed E-state index contributed by atoms with van der Waals surface area (Å²) in [6.45, 7) is 8.03. The van der Waals surface area contributed by atoms with Gasteiger partial charge in [-0.15, -0.1) is 0 Å². The van der Waals surface area contributed by atoms with Crippen LogP contribution in [0.1, 0.15) is 26.3 Å². The first-order valence-corrected chi connectivity index (χ1v) is 5.97. The molecule has 0 heterocycles. The second-order valence-electron chi connectivity index (χ2n) is 5.08. The largest absolute Gasteiger partial charge is 0.375 e. The fourth-order valence-electron chi connectivity index (χ4n) is 1.49. The van der Waals surface area contributed by atoms with Crippen LogP contribution in [-0.2, 0) is 4.79 Å². The van der Waals surface area contributed by atoms with E-state index < -0.39 is 0 Å². The molecular weight excluding hydrogens is 236 g/mol. The van der Waals surface area contributed by atoms with Crippen LogP contribution in [0, 0.1) is 6.92 Å². The third-order valence-electron chi connectivity index (χ3n) is 2.16. The fourth-order valence-corrected chi connectivity index (χ4v) is 1.78. The van der Waals surface area contributed by atoms with Crippen LogP contribution in [0.5, 0.6) is 0 Å². The molecule has 17 heavy (non-hydrogen) atoms. The molecule has 1 aromatic rings. The number of benzene rings is 1. The Hall–Kier alpha value is -1.22. The summed E-state index contributed by atoms with van der Waals surface area (Å²) in [5, 5.41) is 6.58. The minimum absolute atomic E-state index is 0.0446. The van der Waals surface area contributed by atoms with E-state index in [0.29, 0.717) is 5.02 Å². The average Bonchev–Trinajstić information content (AvgIpc) is 2.14. The van der Waals surface area contributed by atoms with Crippen LogP contribution in [0.25, 0.3) is 0 Å². The molecule has 0 saturated carbocycles. The molecule has 0 saturated heterocycles. The third-order valence-corrected chi connectivity index (χ3v) is 2.48. The number of carbonyl (C=O) groups is 1. The van der Waals surface area contributed by atoms with Gasteiger partial charge in [0, 0.05) is 5.54 Å².